The molecule has 7 nitrogen and oxygen atoms in total. The molecule has 0 aliphatic rings. The molecule has 24 heavy (non-hydrogen) atoms. The third kappa shape index (κ3) is 7.53. The molecule has 0 fully saturated rings. The molecule has 0 aliphatic heterocycles. The van der Waals surface area contributed by atoms with E-state index in [4.69, 9.17) is 19.9 Å². The molecule has 0 aliphatic carbocycles. The quantitative estimate of drug-likeness (QED) is 0.794. The Bertz CT molecular complexity index is 605. The van der Waals surface area contributed by atoms with Crippen molar-refractivity contribution in [2.45, 2.75) is 26.4 Å². The standard InChI is InChI=1S/C17H24N2O5/c1-17(2,3)24-16(21)19-9-5-6-12-7-8-13(14(10-12)22-4)23-11-15(18)20/h5-8,10H,9,11H2,1-4H3,(H2,18,20)(H,19,21). The number of hydrogen-bond acceptors (Lipinski definition) is 5. The molecule has 0 saturated heterocycles. The van der Waals surface area contributed by atoms with Crippen molar-refractivity contribution in [2.75, 3.05) is 20.3 Å². The van der Waals surface area contributed by atoms with E-state index >= 15 is 0 Å². The molecule has 3 N–H and O–H groups in total. The zero-order valence-electron chi connectivity index (χ0n) is 14.4. The fourth-order valence-electron chi connectivity index (χ4n) is 1.71. The summed E-state index contributed by atoms with van der Waals surface area (Å²) in [7, 11) is 1.50. The Morgan fingerprint density at radius 1 is 1.25 bits per heavy atom. The van der Waals surface area contributed by atoms with Crippen LogP contribution in [0.1, 0.15) is 26.3 Å². The smallest absolute Gasteiger partial charge is 0.407 e. The molecular formula is C17H24N2O5. The molecule has 7 heteroatoms. The van der Waals surface area contributed by atoms with E-state index in [1.54, 1.807) is 45.0 Å². The maximum Gasteiger partial charge on any atom is 0.407 e. The maximum atomic E-state index is 11.5. The fraction of sp³-hybridized carbons (Fsp3) is 0.412. The predicted octanol–water partition coefficient (Wildman–Crippen LogP) is 2.10. The van der Waals surface area contributed by atoms with Crippen molar-refractivity contribution in [3.63, 3.8) is 0 Å². The van der Waals surface area contributed by atoms with Crippen LogP contribution in [-0.2, 0) is 9.53 Å². The Hall–Kier alpha value is -2.70. The van der Waals surface area contributed by atoms with Crippen molar-refractivity contribution in [1.29, 1.82) is 0 Å². The van der Waals surface area contributed by atoms with Crippen molar-refractivity contribution >= 4 is 18.1 Å². The zero-order chi connectivity index (χ0) is 18.2. The van der Waals surface area contributed by atoms with E-state index in [1.165, 1.54) is 7.11 Å². The van der Waals surface area contributed by atoms with E-state index in [0.717, 1.165) is 5.56 Å². The van der Waals surface area contributed by atoms with Crippen LogP contribution in [0.15, 0.2) is 24.3 Å². The Labute approximate surface area is 141 Å². The highest BCUT2D eigenvalue weighted by atomic mass is 16.6. The maximum absolute atomic E-state index is 11.5. The van der Waals surface area contributed by atoms with Gasteiger partial charge >= 0.3 is 6.09 Å². The third-order valence-electron chi connectivity index (χ3n) is 2.63. The third-order valence-corrected chi connectivity index (χ3v) is 2.63. The van der Waals surface area contributed by atoms with Crippen LogP contribution < -0.4 is 20.5 Å². The topological polar surface area (TPSA) is 99.9 Å². The van der Waals surface area contributed by atoms with E-state index in [1.807, 2.05) is 6.08 Å². The average molecular weight is 336 g/mol. The van der Waals surface area contributed by atoms with E-state index in [-0.39, 0.29) is 6.61 Å². The minimum atomic E-state index is -0.561. The molecule has 0 atom stereocenters. The molecule has 0 aromatic heterocycles. The first kappa shape index (κ1) is 19.3. The van der Waals surface area contributed by atoms with E-state index in [2.05, 4.69) is 5.32 Å². The van der Waals surface area contributed by atoms with Gasteiger partial charge in [-0.3, -0.25) is 4.79 Å². The summed E-state index contributed by atoms with van der Waals surface area (Å²) in [5, 5.41) is 2.63. The number of benzene rings is 1. The lowest BCUT2D eigenvalue weighted by molar-refractivity contribution is -0.119. The number of carbonyl (C=O) groups is 2. The van der Waals surface area contributed by atoms with Gasteiger partial charge in [0.2, 0.25) is 0 Å². The molecule has 0 heterocycles. The highest BCUT2D eigenvalue weighted by Gasteiger charge is 2.15. The van der Waals surface area contributed by atoms with Gasteiger partial charge in [0.1, 0.15) is 5.60 Å². The summed E-state index contributed by atoms with van der Waals surface area (Å²) in [5.74, 6) is 0.355. The van der Waals surface area contributed by atoms with Gasteiger partial charge in [-0.05, 0) is 38.5 Å². The second kappa shape index (κ2) is 8.81. The van der Waals surface area contributed by atoms with Gasteiger partial charge in [-0.15, -0.1) is 0 Å². The zero-order valence-corrected chi connectivity index (χ0v) is 14.4. The van der Waals surface area contributed by atoms with Crippen LogP contribution >= 0.6 is 0 Å². The van der Waals surface area contributed by atoms with Gasteiger partial charge in [-0.1, -0.05) is 18.2 Å². The van der Waals surface area contributed by atoms with Gasteiger partial charge in [-0.25, -0.2) is 4.79 Å². The largest absolute Gasteiger partial charge is 0.493 e. The second-order valence-electron chi connectivity index (χ2n) is 5.95. The number of amides is 2. The summed E-state index contributed by atoms with van der Waals surface area (Å²) in [6, 6.07) is 5.23. The Morgan fingerprint density at radius 2 is 1.96 bits per heavy atom. The van der Waals surface area contributed by atoms with E-state index < -0.39 is 17.6 Å². The van der Waals surface area contributed by atoms with Crippen LogP contribution in [0.25, 0.3) is 6.08 Å². The second-order valence-corrected chi connectivity index (χ2v) is 5.95. The highest BCUT2D eigenvalue weighted by Crippen LogP contribution is 2.28. The molecular weight excluding hydrogens is 312 g/mol. The minimum Gasteiger partial charge on any atom is -0.493 e. The molecule has 1 aromatic carbocycles. The van der Waals surface area contributed by atoms with Gasteiger partial charge in [0, 0.05) is 6.54 Å². The van der Waals surface area contributed by atoms with E-state index in [0.29, 0.717) is 18.0 Å². The summed E-state index contributed by atoms with van der Waals surface area (Å²) >= 11 is 0. The van der Waals surface area contributed by atoms with Gasteiger partial charge < -0.3 is 25.3 Å². The Balaban J connectivity index is 2.58. The van der Waals surface area contributed by atoms with Crippen molar-refractivity contribution in [3.8, 4) is 11.5 Å². The molecule has 0 saturated carbocycles. The first-order valence-corrected chi connectivity index (χ1v) is 7.44. The predicted molar refractivity (Wildman–Crippen MR) is 91.0 cm³/mol. The number of nitrogens with one attached hydrogen (secondary N) is 1. The van der Waals surface area contributed by atoms with Crippen LogP contribution in [-0.4, -0.2) is 37.9 Å². The number of methoxy groups -OCH3 is 1. The lowest BCUT2D eigenvalue weighted by atomic mass is 10.2. The molecule has 1 aromatic rings. The van der Waals surface area contributed by atoms with Gasteiger partial charge in [0.25, 0.3) is 5.91 Å². The molecule has 132 valence electrons. The normalized spacial score (nSPS) is 11.2. The Kier molecular flexibility index (Phi) is 7.10. The van der Waals surface area contributed by atoms with Crippen LogP contribution in [0.5, 0.6) is 11.5 Å². The van der Waals surface area contributed by atoms with Crippen molar-refractivity contribution in [2.24, 2.45) is 5.73 Å². The molecule has 0 spiro atoms. The van der Waals surface area contributed by atoms with Crippen LogP contribution in [0.3, 0.4) is 0 Å². The minimum absolute atomic E-state index is 0.217. The highest BCUT2D eigenvalue weighted by molar-refractivity contribution is 5.75. The fourth-order valence-corrected chi connectivity index (χ4v) is 1.71. The summed E-state index contributed by atoms with van der Waals surface area (Å²) in [6.45, 7) is 5.52. The van der Waals surface area contributed by atoms with Crippen molar-refractivity contribution < 1.29 is 23.8 Å². The first-order valence-electron chi connectivity index (χ1n) is 7.44. The van der Waals surface area contributed by atoms with Gasteiger partial charge in [0.15, 0.2) is 18.1 Å². The summed E-state index contributed by atoms with van der Waals surface area (Å²) in [6.07, 6.45) is 3.13. The number of rotatable bonds is 7. The summed E-state index contributed by atoms with van der Waals surface area (Å²) in [5.41, 5.74) is 5.37. The summed E-state index contributed by atoms with van der Waals surface area (Å²) in [4.78, 5) is 22.3. The monoisotopic (exact) mass is 336 g/mol. The number of carbonyl (C=O) groups excluding carboxylic acids is 2. The molecule has 2 amide bonds. The molecule has 0 bridgehead atoms. The SMILES string of the molecule is COc1cc(C=CCNC(=O)OC(C)(C)C)ccc1OCC(N)=O. The molecule has 0 radical (unpaired) electrons. The van der Waals surface area contributed by atoms with Gasteiger partial charge in [0.05, 0.1) is 7.11 Å². The first-order chi connectivity index (χ1) is 11.2. The van der Waals surface area contributed by atoms with Gasteiger partial charge in [-0.2, -0.15) is 0 Å². The lowest BCUT2D eigenvalue weighted by Gasteiger charge is -2.19. The number of hydrogen-bond donors (Lipinski definition) is 2. The average Bonchev–Trinajstić information content (AvgIpc) is 2.48. The number of primary amides is 1. The Morgan fingerprint density at radius 3 is 2.54 bits per heavy atom. The molecule has 1 rings (SSSR count). The molecule has 0 unspecified atom stereocenters. The van der Waals surface area contributed by atoms with Crippen LogP contribution in [0, 0.1) is 0 Å². The van der Waals surface area contributed by atoms with Crippen molar-refractivity contribution in [1.82, 2.24) is 5.32 Å². The number of nitrogens with two attached hydrogens (primary N) is 1. The summed E-state index contributed by atoms with van der Waals surface area (Å²) < 4.78 is 15.6. The lowest BCUT2D eigenvalue weighted by Crippen LogP contribution is -2.32. The number of alkyl carbamates (subject to hydrolysis) is 1. The van der Waals surface area contributed by atoms with Crippen LogP contribution in [0.4, 0.5) is 4.79 Å². The van der Waals surface area contributed by atoms with Crippen molar-refractivity contribution in [3.05, 3.63) is 29.8 Å². The van der Waals surface area contributed by atoms with E-state index in [9.17, 15) is 9.59 Å². The number of ether oxygens (including phenoxy) is 3. The van der Waals surface area contributed by atoms with Crippen LogP contribution in [0.2, 0.25) is 0 Å².